The standard InChI is InChI=1S/C28H18F5N3O.C28H22F2N4O2.C27H20F2N4O/c1-16-7-10-18(11-8-16)35-27(37)21-14-17(9-12-22(21)28(31,32)33)19-5-3-13-36-24(15-34-26(19)36)20-4-2-6-23(29)25(20)30;1-16-8-10-19(11-9-16)32-28(36)22-13-18(14-31-17(22)2)20-6-4-12-34-26(24(15-35)33-27(20)34)21-5-3-7-23(29)25(21)30;1-16-9-11-19(12-10-16)32-27(34)21-13-18(14-30-17(21)2)23-7-4-8-24-26(31-15-33(23)24)20-5-3-6-22(28)25(20)29/h2-15H,1H3,(H,35,37);3-14,35H,15H2,1-2H3,(H,32,36);3-15H,1-2H3,(H,32,34). The molecule has 0 aliphatic heterocycles. The number of pyridine rings is 5. The van der Waals surface area contributed by atoms with Gasteiger partial charge in [0.15, 0.2) is 34.9 Å². The van der Waals surface area contributed by atoms with E-state index in [-0.39, 0.29) is 45.6 Å². The van der Waals surface area contributed by atoms with Crippen LogP contribution in [-0.2, 0) is 12.8 Å². The van der Waals surface area contributed by atoms with Crippen molar-refractivity contribution in [2.45, 2.75) is 47.4 Å². The molecule has 0 saturated heterocycles. The van der Waals surface area contributed by atoms with Crippen molar-refractivity contribution in [3.63, 3.8) is 0 Å². The zero-order valence-corrected chi connectivity index (χ0v) is 57.4. The van der Waals surface area contributed by atoms with Crippen LogP contribution in [0.3, 0.4) is 0 Å². The number of aryl methyl sites for hydroxylation is 5. The van der Waals surface area contributed by atoms with E-state index in [9.17, 15) is 59.0 Å². The molecule has 8 heterocycles. The van der Waals surface area contributed by atoms with Gasteiger partial charge in [-0.15, -0.1) is 0 Å². The van der Waals surface area contributed by atoms with Crippen molar-refractivity contribution >= 4 is 51.6 Å². The van der Waals surface area contributed by atoms with E-state index in [2.05, 4.69) is 40.9 Å². The maximum Gasteiger partial charge on any atom is 0.417 e. The van der Waals surface area contributed by atoms with Gasteiger partial charge in [0.25, 0.3) is 17.7 Å². The van der Waals surface area contributed by atoms with Crippen molar-refractivity contribution in [2.24, 2.45) is 0 Å². The molecule has 534 valence electrons. The highest BCUT2D eigenvalue weighted by Crippen LogP contribution is 2.39. The number of fused-ring (bicyclic) bond motifs is 3. The van der Waals surface area contributed by atoms with Crippen LogP contribution in [0.4, 0.5) is 56.6 Å². The van der Waals surface area contributed by atoms with Crippen LogP contribution in [0.1, 0.15) is 70.4 Å². The van der Waals surface area contributed by atoms with Crippen molar-refractivity contribution in [3.05, 3.63) is 328 Å². The topological polar surface area (TPSA) is 185 Å². The Bertz CT molecular complexity index is 5940. The maximum atomic E-state index is 14.7. The van der Waals surface area contributed by atoms with Crippen LogP contribution in [0, 0.1) is 69.5 Å². The number of hydrogen-bond donors (Lipinski definition) is 4. The number of imidazole rings is 3. The lowest BCUT2D eigenvalue weighted by Gasteiger charge is -2.15. The first-order chi connectivity index (χ1) is 51.4. The molecule has 0 aliphatic carbocycles. The normalized spacial score (nSPS) is 11.3. The average molecular weight is 1450 g/mol. The van der Waals surface area contributed by atoms with Gasteiger partial charge in [-0.05, 0) is 174 Å². The molecule has 0 spiro atoms. The van der Waals surface area contributed by atoms with Crippen LogP contribution in [0.2, 0.25) is 0 Å². The molecule has 0 saturated carbocycles. The van der Waals surface area contributed by atoms with Crippen molar-refractivity contribution in [3.8, 4) is 67.3 Å². The van der Waals surface area contributed by atoms with Gasteiger partial charge >= 0.3 is 6.18 Å². The number of halogens is 9. The van der Waals surface area contributed by atoms with E-state index in [1.54, 1.807) is 127 Å². The van der Waals surface area contributed by atoms with E-state index in [1.165, 1.54) is 53.1 Å². The fraction of sp³-hybridized carbons (Fsp3) is 0.0843. The molecular formula is C83H60F9N11O4. The van der Waals surface area contributed by atoms with Gasteiger partial charge in [-0.2, -0.15) is 13.2 Å². The molecule has 0 fully saturated rings. The third-order valence-electron chi connectivity index (χ3n) is 17.7. The van der Waals surface area contributed by atoms with E-state index in [1.807, 2.05) is 75.4 Å². The summed E-state index contributed by atoms with van der Waals surface area (Å²) in [6, 6.07) is 52.3. The predicted octanol–water partition coefficient (Wildman–Crippen LogP) is 19.4. The summed E-state index contributed by atoms with van der Waals surface area (Å²) in [6.07, 6.45) is 4.69. The Hall–Kier alpha value is -13.4. The van der Waals surface area contributed by atoms with Gasteiger partial charge < -0.3 is 21.1 Å². The highest BCUT2D eigenvalue weighted by molar-refractivity contribution is 6.08. The number of aliphatic hydroxyl groups excluding tert-OH is 1. The Kier molecular flexibility index (Phi) is 20.3. The largest absolute Gasteiger partial charge is 0.417 e. The van der Waals surface area contributed by atoms with Gasteiger partial charge in [-0.1, -0.05) is 83.4 Å². The summed E-state index contributed by atoms with van der Waals surface area (Å²) >= 11 is 0. The third kappa shape index (κ3) is 15.0. The molecule has 8 aromatic heterocycles. The SMILES string of the molecule is Cc1ccc(NC(=O)c2cc(-c3cccc4c(-c5cccc(F)c5F)ncn34)cnc2C)cc1.Cc1ccc(NC(=O)c2cc(-c3cccn4c(-c5cccc(F)c5F)c(CO)nc34)cnc2C)cc1.Cc1ccc(NC(=O)c2cc(-c3cccn4c(-c5cccc(F)c5F)cnc34)ccc2C(F)(F)F)cc1. The second-order valence-electron chi connectivity index (χ2n) is 24.9. The van der Waals surface area contributed by atoms with Crippen LogP contribution in [-0.4, -0.2) is 61.0 Å². The molecule has 15 nitrogen and oxygen atoms in total. The summed E-state index contributed by atoms with van der Waals surface area (Å²) in [5.74, 6) is -7.44. The molecular weight excluding hydrogens is 1390 g/mol. The number of hydrogen-bond acceptors (Lipinski definition) is 9. The lowest BCUT2D eigenvalue weighted by atomic mass is 9.98. The summed E-state index contributed by atoms with van der Waals surface area (Å²) in [7, 11) is 0. The summed E-state index contributed by atoms with van der Waals surface area (Å²) in [6.45, 7) is 8.85. The molecule has 0 bridgehead atoms. The number of rotatable bonds is 13. The van der Waals surface area contributed by atoms with Gasteiger partial charge in [0.1, 0.15) is 17.6 Å². The molecule has 0 unspecified atom stereocenters. The number of amides is 3. The fourth-order valence-corrected chi connectivity index (χ4v) is 12.2. The quantitative estimate of drug-likeness (QED) is 0.0816. The van der Waals surface area contributed by atoms with Crippen LogP contribution in [0.25, 0.3) is 84.1 Å². The monoisotopic (exact) mass is 1450 g/mol. The molecule has 0 radical (unpaired) electrons. The molecule has 107 heavy (non-hydrogen) atoms. The maximum absolute atomic E-state index is 14.7. The smallest absolute Gasteiger partial charge is 0.390 e. The highest BCUT2D eigenvalue weighted by Gasteiger charge is 2.36. The number of benzene rings is 7. The molecule has 24 heteroatoms. The fourth-order valence-electron chi connectivity index (χ4n) is 12.2. The van der Waals surface area contributed by atoms with Crippen molar-refractivity contribution in [1.29, 1.82) is 0 Å². The van der Waals surface area contributed by atoms with Gasteiger partial charge in [0, 0.05) is 80.8 Å². The highest BCUT2D eigenvalue weighted by atomic mass is 19.4. The Morgan fingerprint density at radius 3 is 1.43 bits per heavy atom. The first-order valence-corrected chi connectivity index (χ1v) is 33.1. The number of anilines is 3. The third-order valence-corrected chi connectivity index (χ3v) is 17.7. The van der Waals surface area contributed by atoms with E-state index >= 15 is 0 Å². The van der Waals surface area contributed by atoms with Crippen LogP contribution in [0.15, 0.2) is 238 Å². The molecule has 0 aliphatic rings. The molecule has 15 aromatic rings. The zero-order valence-electron chi connectivity index (χ0n) is 57.4. The average Bonchev–Trinajstić information content (AvgIpc) is 1.63. The molecule has 7 aromatic carbocycles. The Labute approximate surface area is 605 Å². The van der Waals surface area contributed by atoms with E-state index < -0.39 is 64.7 Å². The lowest BCUT2D eigenvalue weighted by Crippen LogP contribution is -2.19. The van der Waals surface area contributed by atoms with Gasteiger partial charge in [0.2, 0.25) is 0 Å². The molecule has 15 rings (SSSR count). The number of aliphatic hydroxyl groups is 1. The first-order valence-electron chi connectivity index (χ1n) is 33.1. The minimum Gasteiger partial charge on any atom is -0.390 e. The second-order valence-corrected chi connectivity index (χ2v) is 24.9. The van der Waals surface area contributed by atoms with Gasteiger partial charge in [-0.3, -0.25) is 37.6 Å². The number of carbonyl (C=O) groups excluding carboxylic acids is 3. The Morgan fingerprint density at radius 2 is 0.879 bits per heavy atom. The number of aromatic nitrogens is 8. The first kappa shape index (κ1) is 72.0. The van der Waals surface area contributed by atoms with E-state index in [0.717, 1.165) is 47.0 Å². The summed E-state index contributed by atoms with van der Waals surface area (Å²) in [4.78, 5) is 61.0. The van der Waals surface area contributed by atoms with Gasteiger partial charge in [-0.25, -0.2) is 41.3 Å². The zero-order chi connectivity index (χ0) is 75.5. The number of alkyl halides is 3. The van der Waals surface area contributed by atoms with E-state index in [4.69, 9.17) is 0 Å². The minimum atomic E-state index is -4.76. The Balaban J connectivity index is 0.000000142. The van der Waals surface area contributed by atoms with Crippen LogP contribution >= 0.6 is 0 Å². The van der Waals surface area contributed by atoms with Crippen LogP contribution in [0.5, 0.6) is 0 Å². The van der Waals surface area contributed by atoms with E-state index in [0.29, 0.717) is 95.6 Å². The van der Waals surface area contributed by atoms with Crippen molar-refractivity contribution in [2.75, 3.05) is 16.0 Å². The summed E-state index contributed by atoms with van der Waals surface area (Å²) in [5, 5.41) is 18.3. The predicted molar refractivity (Wildman–Crippen MR) is 391 cm³/mol. The summed E-state index contributed by atoms with van der Waals surface area (Å²) in [5.41, 5.74) is 10.9. The van der Waals surface area contributed by atoms with Crippen molar-refractivity contribution < 1.29 is 59.0 Å². The van der Waals surface area contributed by atoms with Gasteiger partial charge in [0.05, 0.1) is 80.4 Å². The second kappa shape index (κ2) is 30.2. The number of nitrogens with zero attached hydrogens (tertiary/aromatic N) is 8. The Morgan fingerprint density at radius 1 is 0.421 bits per heavy atom. The van der Waals surface area contributed by atoms with Crippen molar-refractivity contribution in [1.82, 2.24) is 38.1 Å². The minimum absolute atomic E-state index is 0.0103. The lowest BCUT2D eigenvalue weighted by molar-refractivity contribution is -0.137. The number of nitrogens with one attached hydrogen (secondary N) is 3. The molecule has 3 amide bonds. The van der Waals surface area contributed by atoms with Crippen LogP contribution < -0.4 is 16.0 Å². The number of carbonyl (C=O) groups is 3. The molecule has 0 atom stereocenters. The molecule has 4 N–H and O–H groups in total. The summed E-state index contributed by atoms with van der Waals surface area (Å²) < 4.78 is 131.